The molecule has 1 atom stereocenters. The van der Waals surface area contributed by atoms with Gasteiger partial charge in [-0.2, -0.15) is 0 Å². The minimum atomic E-state index is -4.30. The fourth-order valence-electron chi connectivity index (χ4n) is 1.68. The van der Waals surface area contributed by atoms with Gasteiger partial charge in [0.1, 0.15) is 0 Å². The molecule has 1 unspecified atom stereocenters. The maximum absolute atomic E-state index is 14.0. The third-order valence-electron chi connectivity index (χ3n) is 2.70. The molecule has 6 heteroatoms. The van der Waals surface area contributed by atoms with Gasteiger partial charge in [-0.3, -0.25) is 0 Å². The molecule has 0 saturated heterocycles. The van der Waals surface area contributed by atoms with Crippen LogP contribution in [0, 0.1) is 0 Å². The fourth-order valence-corrected chi connectivity index (χ4v) is 2.78. The molecule has 1 aliphatic rings. The Bertz CT molecular complexity index is 637. The second kappa shape index (κ2) is 4.68. The molecule has 0 heterocycles. The molecule has 0 fully saturated rings. The molecule has 0 amide bonds. The summed E-state index contributed by atoms with van der Waals surface area (Å²) in [6, 6.07) is 7.06. The highest BCUT2D eigenvalue weighted by Gasteiger charge is 2.41. The molecular weight excluding hydrogens is 298 g/mol. The van der Waals surface area contributed by atoms with Crippen LogP contribution in [-0.4, -0.2) is 13.4 Å². The van der Waals surface area contributed by atoms with Crippen LogP contribution in [0.3, 0.4) is 0 Å². The van der Waals surface area contributed by atoms with E-state index < -0.39 is 14.1 Å². The van der Waals surface area contributed by atoms with Crippen molar-refractivity contribution in [2.45, 2.75) is 11.4 Å². The first kappa shape index (κ1) is 13.6. The summed E-state index contributed by atoms with van der Waals surface area (Å²) in [5, 5.41) is -2.02. The van der Waals surface area contributed by atoms with Gasteiger partial charge in [0.15, 0.2) is 0 Å². The molecule has 18 heavy (non-hydrogen) atoms. The van der Waals surface area contributed by atoms with Crippen molar-refractivity contribution in [1.29, 1.82) is 0 Å². The van der Waals surface area contributed by atoms with E-state index in [1.54, 1.807) is 24.3 Å². The van der Waals surface area contributed by atoms with Crippen LogP contribution in [0.25, 0.3) is 5.57 Å². The molecule has 0 spiro atoms. The summed E-state index contributed by atoms with van der Waals surface area (Å²) in [7, 11) is 0.769. The zero-order valence-corrected chi connectivity index (χ0v) is 11.4. The lowest BCUT2D eigenvalue weighted by Crippen LogP contribution is -2.28. The van der Waals surface area contributed by atoms with E-state index in [0.717, 1.165) is 11.6 Å². The third kappa shape index (κ3) is 2.46. The number of halogens is 3. The van der Waals surface area contributed by atoms with E-state index in [-0.39, 0.29) is 6.42 Å². The first-order valence-electron chi connectivity index (χ1n) is 5.11. The lowest BCUT2D eigenvalue weighted by molar-refractivity contribution is 0.336. The van der Waals surface area contributed by atoms with E-state index in [0.29, 0.717) is 10.6 Å². The van der Waals surface area contributed by atoms with Crippen LogP contribution in [0.1, 0.15) is 12.0 Å². The van der Waals surface area contributed by atoms with E-state index >= 15 is 0 Å². The highest BCUT2D eigenvalue weighted by atomic mass is 35.7. The second-order valence-corrected chi connectivity index (χ2v) is 7.08. The predicted molar refractivity (Wildman–Crippen MR) is 71.8 cm³/mol. The topological polar surface area (TPSA) is 34.1 Å². The SMILES string of the molecule is O=S(=O)(Cl)C1(F)C=CC(c2ccccc2Cl)=CC1. The molecule has 0 aliphatic heterocycles. The zero-order chi connectivity index (χ0) is 13.4. The Morgan fingerprint density at radius 1 is 1.28 bits per heavy atom. The lowest BCUT2D eigenvalue weighted by Gasteiger charge is -2.20. The predicted octanol–water partition coefficient (Wildman–Crippen LogP) is 3.92. The number of alkyl halides is 1. The van der Waals surface area contributed by atoms with Gasteiger partial charge in [0.2, 0.25) is 5.00 Å². The second-order valence-electron chi connectivity index (χ2n) is 3.90. The molecule has 2 rings (SSSR count). The van der Waals surface area contributed by atoms with Crippen LogP contribution >= 0.6 is 22.3 Å². The van der Waals surface area contributed by atoms with Crippen molar-refractivity contribution in [2.24, 2.45) is 0 Å². The maximum Gasteiger partial charge on any atom is 0.271 e. The van der Waals surface area contributed by atoms with Crippen LogP contribution in [0.4, 0.5) is 4.39 Å². The summed E-state index contributed by atoms with van der Waals surface area (Å²) >= 11 is 6.01. The molecule has 0 saturated carbocycles. The largest absolute Gasteiger partial charge is 0.271 e. The minimum absolute atomic E-state index is 0.324. The fraction of sp³-hybridized carbons (Fsp3) is 0.167. The Labute approximate surface area is 114 Å². The smallest absolute Gasteiger partial charge is 0.220 e. The molecule has 0 bridgehead atoms. The summed E-state index contributed by atoms with van der Waals surface area (Å²) in [5.74, 6) is 0. The molecule has 96 valence electrons. The zero-order valence-electron chi connectivity index (χ0n) is 9.11. The van der Waals surface area contributed by atoms with Crippen LogP contribution < -0.4 is 0 Å². The van der Waals surface area contributed by atoms with Gasteiger partial charge in [-0.25, -0.2) is 12.8 Å². The lowest BCUT2D eigenvalue weighted by atomic mass is 9.98. The number of hydrogen-bond donors (Lipinski definition) is 0. The van der Waals surface area contributed by atoms with E-state index in [1.807, 2.05) is 0 Å². The number of allylic oxidation sites excluding steroid dienone is 3. The molecule has 0 radical (unpaired) electrons. The Hall–Kier alpha value is -0.840. The highest BCUT2D eigenvalue weighted by Crippen LogP contribution is 2.37. The first-order chi connectivity index (χ1) is 8.33. The summed E-state index contributed by atoms with van der Waals surface area (Å²) in [5.41, 5.74) is 1.40. The first-order valence-corrected chi connectivity index (χ1v) is 7.80. The van der Waals surface area contributed by atoms with Crippen LogP contribution in [0.15, 0.2) is 42.5 Å². The van der Waals surface area contributed by atoms with Gasteiger partial charge in [0, 0.05) is 22.1 Å². The highest BCUT2D eigenvalue weighted by molar-refractivity contribution is 8.14. The summed E-state index contributed by atoms with van der Waals surface area (Å²) in [6.45, 7) is 0. The van der Waals surface area contributed by atoms with Gasteiger partial charge in [-0.15, -0.1) is 0 Å². The van der Waals surface area contributed by atoms with E-state index in [2.05, 4.69) is 0 Å². The van der Waals surface area contributed by atoms with Crippen LogP contribution in [0.5, 0.6) is 0 Å². The molecule has 0 N–H and O–H groups in total. The average Bonchev–Trinajstić information content (AvgIpc) is 2.30. The van der Waals surface area contributed by atoms with Gasteiger partial charge >= 0.3 is 0 Å². The molecule has 1 aromatic carbocycles. The Morgan fingerprint density at radius 2 is 1.94 bits per heavy atom. The summed E-state index contributed by atoms with van der Waals surface area (Å²) in [6.07, 6.45) is 3.48. The Balaban J connectivity index is 2.35. The van der Waals surface area contributed by atoms with Gasteiger partial charge in [-0.05, 0) is 23.3 Å². The molecular formula is C12H9Cl2FO2S. The van der Waals surface area contributed by atoms with Crippen LogP contribution in [0.2, 0.25) is 5.02 Å². The van der Waals surface area contributed by atoms with Crippen molar-refractivity contribution < 1.29 is 12.8 Å². The third-order valence-corrected chi connectivity index (χ3v) is 4.91. The number of hydrogen-bond acceptors (Lipinski definition) is 2. The van der Waals surface area contributed by atoms with Crippen molar-refractivity contribution in [1.82, 2.24) is 0 Å². The normalized spacial score (nSPS) is 23.8. The van der Waals surface area contributed by atoms with Gasteiger partial charge in [-0.1, -0.05) is 42.0 Å². The Morgan fingerprint density at radius 3 is 2.44 bits per heavy atom. The average molecular weight is 307 g/mol. The van der Waals surface area contributed by atoms with E-state index in [1.165, 1.54) is 12.2 Å². The Kier molecular flexibility index (Phi) is 3.54. The van der Waals surface area contributed by atoms with Crippen molar-refractivity contribution in [3.05, 3.63) is 53.1 Å². The van der Waals surface area contributed by atoms with E-state index in [9.17, 15) is 12.8 Å². The van der Waals surface area contributed by atoms with Crippen molar-refractivity contribution >= 4 is 36.9 Å². The number of benzene rings is 1. The summed E-state index contributed by atoms with van der Waals surface area (Å²) in [4.78, 5) is 0. The maximum atomic E-state index is 14.0. The van der Waals surface area contributed by atoms with Gasteiger partial charge in [0.05, 0.1) is 0 Å². The summed E-state index contributed by atoms with van der Waals surface area (Å²) < 4.78 is 36.2. The molecule has 1 aliphatic carbocycles. The molecule has 0 aromatic heterocycles. The quantitative estimate of drug-likeness (QED) is 0.776. The van der Waals surface area contributed by atoms with Crippen molar-refractivity contribution in [3.63, 3.8) is 0 Å². The van der Waals surface area contributed by atoms with Crippen molar-refractivity contribution in [3.8, 4) is 0 Å². The van der Waals surface area contributed by atoms with Gasteiger partial charge in [0.25, 0.3) is 9.05 Å². The van der Waals surface area contributed by atoms with E-state index in [4.69, 9.17) is 22.3 Å². The monoisotopic (exact) mass is 306 g/mol. The van der Waals surface area contributed by atoms with Gasteiger partial charge < -0.3 is 0 Å². The molecule has 2 nitrogen and oxygen atoms in total. The van der Waals surface area contributed by atoms with Crippen molar-refractivity contribution in [2.75, 3.05) is 0 Å². The standard InChI is InChI=1S/C12H9Cl2FO2S/c13-11-4-2-1-3-10(11)9-5-7-12(15,8-6-9)18(14,16)17/h1-7H,8H2. The van der Waals surface area contributed by atoms with Crippen LogP contribution in [-0.2, 0) is 9.05 Å². The molecule has 1 aromatic rings. The number of rotatable bonds is 2. The minimum Gasteiger partial charge on any atom is -0.220 e.